The number of methoxy groups -OCH3 is 1. The Morgan fingerprint density at radius 2 is 2.39 bits per heavy atom. The van der Waals surface area contributed by atoms with Gasteiger partial charge in [0.2, 0.25) is 0 Å². The first-order valence-electron chi connectivity index (χ1n) is 6.09. The summed E-state index contributed by atoms with van der Waals surface area (Å²) in [6.45, 7) is 3.30. The smallest absolute Gasteiger partial charge is 0.123 e. The van der Waals surface area contributed by atoms with Crippen LogP contribution in [-0.2, 0) is 11.3 Å². The number of morpholine rings is 1. The molecule has 0 bridgehead atoms. The molecule has 1 heterocycles. The van der Waals surface area contributed by atoms with E-state index in [2.05, 4.69) is 4.90 Å². The van der Waals surface area contributed by atoms with Gasteiger partial charge in [0.25, 0.3) is 0 Å². The minimum Gasteiger partial charge on any atom is -0.496 e. The lowest BCUT2D eigenvalue weighted by molar-refractivity contribution is -0.00822. The van der Waals surface area contributed by atoms with Crippen molar-refractivity contribution in [2.24, 2.45) is 5.73 Å². The summed E-state index contributed by atoms with van der Waals surface area (Å²) in [7, 11) is 1.59. The summed E-state index contributed by atoms with van der Waals surface area (Å²) in [6, 6.07) is 4.76. The van der Waals surface area contributed by atoms with Crippen molar-refractivity contribution in [2.45, 2.75) is 12.6 Å². The van der Waals surface area contributed by atoms with Crippen molar-refractivity contribution in [2.75, 3.05) is 33.4 Å². The number of nitrogens with zero attached hydrogens (tertiary/aromatic N) is 1. The first-order valence-corrected chi connectivity index (χ1v) is 6.09. The Morgan fingerprint density at radius 3 is 3.11 bits per heavy atom. The predicted molar refractivity (Wildman–Crippen MR) is 67.0 cm³/mol. The molecule has 1 aromatic carbocycles. The average Bonchev–Trinajstić information content (AvgIpc) is 2.40. The molecule has 18 heavy (non-hydrogen) atoms. The van der Waals surface area contributed by atoms with Crippen LogP contribution >= 0.6 is 0 Å². The zero-order valence-corrected chi connectivity index (χ0v) is 10.6. The van der Waals surface area contributed by atoms with E-state index >= 15 is 0 Å². The van der Waals surface area contributed by atoms with E-state index in [1.165, 1.54) is 12.1 Å². The van der Waals surface area contributed by atoms with Crippen LogP contribution in [0.3, 0.4) is 0 Å². The predicted octanol–water partition coefficient (Wildman–Crippen LogP) is 0.994. The summed E-state index contributed by atoms with van der Waals surface area (Å²) in [5.74, 6) is 0.460. The second-order valence-electron chi connectivity index (χ2n) is 4.39. The Morgan fingerprint density at radius 1 is 1.56 bits per heavy atom. The minimum atomic E-state index is -0.247. The summed E-state index contributed by atoms with van der Waals surface area (Å²) in [6.07, 6.45) is 0. The highest BCUT2D eigenvalue weighted by atomic mass is 19.1. The Labute approximate surface area is 106 Å². The maximum absolute atomic E-state index is 13.3. The molecule has 0 radical (unpaired) electrons. The molecule has 0 saturated carbocycles. The first kappa shape index (κ1) is 13.3. The molecule has 0 aromatic heterocycles. The highest BCUT2D eigenvalue weighted by Gasteiger charge is 2.22. The summed E-state index contributed by atoms with van der Waals surface area (Å²) >= 11 is 0. The van der Waals surface area contributed by atoms with E-state index in [1.807, 2.05) is 0 Å². The SMILES string of the molecule is COc1ccc(F)cc1CN1CCOCC1CN. The molecular formula is C13H19FN2O2. The van der Waals surface area contributed by atoms with Crippen LogP contribution in [0.1, 0.15) is 5.56 Å². The topological polar surface area (TPSA) is 47.7 Å². The van der Waals surface area contributed by atoms with Gasteiger partial charge in [0.05, 0.1) is 20.3 Å². The highest BCUT2D eigenvalue weighted by molar-refractivity contribution is 5.33. The monoisotopic (exact) mass is 254 g/mol. The summed E-state index contributed by atoms with van der Waals surface area (Å²) in [5.41, 5.74) is 6.57. The van der Waals surface area contributed by atoms with Crippen molar-refractivity contribution in [1.82, 2.24) is 4.90 Å². The highest BCUT2D eigenvalue weighted by Crippen LogP contribution is 2.22. The lowest BCUT2D eigenvalue weighted by Crippen LogP contribution is -2.48. The fourth-order valence-corrected chi connectivity index (χ4v) is 2.20. The van der Waals surface area contributed by atoms with E-state index in [9.17, 15) is 4.39 Å². The van der Waals surface area contributed by atoms with Crippen molar-refractivity contribution < 1.29 is 13.9 Å². The average molecular weight is 254 g/mol. The molecule has 100 valence electrons. The van der Waals surface area contributed by atoms with Crippen molar-refractivity contribution >= 4 is 0 Å². The van der Waals surface area contributed by atoms with Gasteiger partial charge in [-0.3, -0.25) is 4.90 Å². The molecule has 4 nitrogen and oxygen atoms in total. The van der Waals surface area contributed by atoms with Crippen molar-refractivity contribution in [1.29, 1.82) is 0 Å². The first-order chi connectivity index (χ1) is 8.74. The molecule has 2 N–H and O–H groups in total. The largest absolute Gasteiger partial charge is 0.496 e. The van der Waals surface area contributed by atoms with Gasteiger partial charge in [-0.2, -0.15) is 0 Å². The molecule has 5 heteroatoms. The van der Waals surface area contributed by atoms with Crippen molar-refractivity contribution in [3.8, 4) is 5.75 Å². The quantitative estimate of drug-likeness (QED) is 0.870. The fraction of sp³-hybridized carbons (Fsp3) is 0.538. The lowest BCUT2D eigenvalue weighted by Gasteiger charge is -2.35. The van der Waals surface area contributed by atoms with E-state index in [0.717, 1.165) is 12.1 Å². The van der Waals surface area contributed by atoms with Gasteiger partial charge < -0.3 is 15.2 Å². The number of benzene rings is 1. The second-order valence-corrected chi connectivity index (χ2v) is 4.39. The van der Waals surface area contributed by atoms with Crippen LogP contribution < -0.4 is 10.5 Å². The minimum absolute atomic E-state index is 0.187. The van der Waals surface area contributed by atoms with Gasteiger partial charge in [-0.15, -0.1) is 0 Å². The van der Waals surface area contributed by atoms with Crippen LogP contribution in [0, 0.1) is 5.82 Å². The maximum Gasteiger partial charge on any atom is 0.123 e. The van der Waals surface area contributed by atoms with E-state index in [-0.39, 0.29) is 11.9 Å². The van der Waals surface area contributed by atoms with Crippen LogP contribution in [0.5, 0.6) is 5.75 Å². The second kappa shape index (κ2) is 6.13. The van der Waals surface area contributed by atoms with Gasteiger partial charge in [0, 0.05) is 31.2 Å². The number of hydrogen-bond acceptors (Lipinski definition) is 4. The zero-order valence-electron chi connectivity index (χ0n) is 10.6. The summed E-state index contributed by atoms with van der Waals surface area (Å²) in [5, 5.41) is 0. The summed E-state index contributed by atoms with van der Waals surface area (Å²) < 4.78 is 23.9. The number of nitrogens with two attached hydrogens (primary N) is 1. The van der Waals surface area contributed by atoms with Gasteiger partial charge in [0.15, 0.2) is 0 Å². The van der Waals surface area contributed by atoms with Crippen molar-refractivity contribution in [3.63, 3.8) is 0 Å². The van der Waals surface area contributed by atoms with Crippen LogP contribution in [0.25, 0.3) is 0 Å². The van der Waals surface area contributed by atoms with E-state index in [1.54, 1.807) is 13.2 Å². The van der Waals surface area contributed by atoms with Crippen LogP contribution in [0.15, 0.2) is 18.2 Å². The molecule has 1 aromatic rings. The molecule has 2 rings (SSSR count). The van der Waals surface area contributed by atoms with E-state index < -0.39 is 0 Å². The van der Waals surface area contributed by atoms with Gasteiger partial charge in [-0.1, -0.05) is 0 Å². The fourth-order valence-electron chi connectivity index (χ4n) is 2.20. The Hall–Kier alpha value is -1.17. The third-order valence-electron chi connectivity index (χ3n) is 3.24. The lowest BCUT2D eigenvalue weighted by atomic mass is 10.1. The molecule has 0 aliphatic carbocycles. The number of hydrogen-bond donors (Lipinski definition) is 1. The van der Waals surface area contributed by atoms with E-state index in [4.69, 9.17) is 15.2 Å². The third-order valence-corrected chi connectivity index (χ3v) is 3.24. The van der Waals surface area contributed by atoms with Crippen molar-refractivity contribution in [3.05, 3.63) is 29.6 Å². The molecular weight excluding hydrogens is 235 g/mol. The standard InChI is InChI=1S/C13H19FN2O2/c1-17-13-3-2-11(14)6-10(13)8-16-4-5-18-9-12(16)7-15/h2-3,6,12H,4-5,7-9,15H2,1H3. The Bertz CT molecular complexity index is 401. The van der Waals surface area contributed by atoms with E-state index in [0.29, 0.717) is 32.1 Å². The van der Waals surface area contributed by atoms with Gasteiger partial charge in [-0.05, 0) is 18.2 Å². The van der Waals surface area contributed by atoms with Crippen LogP contribution in [0.4, 0.5) is 4.39 Å². The number of rotatable bonds is 4. The van der Waals surface area contributed by atoms with Gasteiger partial charge >= 0.3 is 0 Å². The number of halogens is 1. The Balaban J connectivity index is 2.14. The third kappa shape index (κ3) is 2.98. The van der Waals surface area contributed by atoms with Gasteiger partial charge in [-0.25, -0.2) is 4.39 Å². The van der Waals surface area contributed by atoms with Crippen LogP contribution in [-0.4, -0.2) is 44.4 Å². The molecule has 1 fully saturated rings. The normalized spacial score (nSPS) is 20.9. The zero-order chi connectivity index (χ0) is 13.0. The molecule has 1 aliphatic heterocycles. The molecule has 1 aliphatic rings. The van der Waals surface area contributed by atoms with Gasteiger partial charge in [0.1, 0.15) is 11.6 Å². The Kier molecular flexibility index (Phi) is 4.52. The molecule has 1 unspecified atom stereocenters. The molecule has 0 spiro atoms. The van der Waals surface area contributed by atoms with Crippen LogP contribution in [0.2, 0.25) is 0 Å². The maximum atomic E-state index is 13.3. The number of ether oxygens (including phenoxy) is 2. The summed E-state index contributed by atoms with van der Waals surface area (Å²) in [4.78, 5) is 2.21. The molecule has 1 atom stereocenters. The molecule has 1 saturated heterocycles. The molecule has 0 amide bonds.